The molecule has 0 saturated heterocycles. The number of thiophene rings is 1. The summed E-state index contributed by atoms with van der Waals surface area (Å²) in [4.78, 5) is 13.2. The first kappa shape index (κ1) is 32.1. The standard InChI is InChI=1S/C26H33NO2.C6H8O2S2/c1-5-7-9-21(4)26(28)27-18-22-12-14-23(15-13-22)19-29-25-16-11-20(3)24(17-25)10-8-6-2;1-5-3-4-6(9-5)10(2,7)8/h6,8,10-17,21H,2,5,7,9,18-19H2,1,3-4H3,(H,27,28);3-4H,1-2H3/b10-8-;. The average molecular weight is 568 g/mol. The lowest BCUT2D eigenvalue weighted by molar-refractivity contribution is -0.124. The van der Waals surface area contributed by atoms with Gasteiger partial charge in [0, 0.05) is 23.6 Å². The van der Waals surface area contributed by atoms with Gasteiger partial charge in [0.25, 0.3) is 0 Å². The first-order valence-corrected chi connectivity index (χ1v) is 15.9. The van der Waals surface area contributed by atoms with Crippen LogP contribution in [-0.4, -0.2) is 20.6 Å². The maximum Gasteiger partial charge on any atom is 0.223 e. The second-order valence-electron chi connectivity index (χ2n) is 9.62. The van der Waals surface area contributed by atoms with E-state index in [1.165, 1.54) is 23.2 Å². The van der Waals surface area contributed by atoms with Gasteiger partial charge in [0.2, 0.25) is 5.91 Å². The van der Waals surface area contributed by atoms with E-state index in [9.17, 15) is 13.2 Å². The molecule has 39 heavy (non-hydrogen) atoms. The van der Waals surface area contributed by atoms with Crippen LogP contribution in [0.2, 0.25) is 0 Å². The summed E-state index contributed by atoms with van der Waals surface area (Å²) in [6.45, 7) is 12.9. The van der Waals surface area contributed by atoms with E-state index in [0.717, 1.165) is 46.6 Å². The van der Waals surface area contributed by atoms with Gasteiger partial charge in [0.05, 0.1) is 0 Å². The van der Waals surface area contributed by atoms with Crippen molar-refractivity contribution in [3.63, 3.8) is 0 Å². The largest absolute Gasteiger partial charge is 0.489 e. The number of ether oxygens (including phenoxy) is 1. The van der Waals surface area contributed by atoms with E-state index in [-0.39, 0.29) is 11.8 Å². The number of carbonyl (C=O) groups is 1. The van der Waals surface area contributed by atoms with Gasteiger partial charge in [0.1, 0.15) is 16.6 Å². The molecule has 1 heterocycles. The summed E-state index contributed by atoms with van der Waals surface area (Å²) in [6, 6.07) is 17.7. The highest BCUT2D eigenvalue weighted by Crippen LogP contribution is 2.21. The van der Waals surface area contributed by atoms with Gasteiger partial charge in [-0.25, -0.2) is 8.42 Å². The fraction of sp³-hybridized carbons (Fsp3) is 0.344. The third-order valence-corrected chi connectivity index (χ3v) is 8.90. The van der Waals surface area contributed by atoms with E-state index in [0.29, 0.717) is 17.4 Å². The maximum atomic E-state index is 12.1. The number of sulfone groups is 1. The molecule has 3 aromatic rings. The number of rotatable bonds is 12. The van der Waals surface area contributed by atoms with Crippen LogP contribution in [0.3, 0.4) is 0 Å². The Hall–Kier alpha value is -3.16. The van der Waals surface area contributed by atoms with Crippen LogP contribution in [0.1, 0.15) is 60.2 Å². The molecule has 0 fully saturated rings. The van der Waals surface area contributed by atoms with Crippen LogP contribution < -0.4 is 10.1 Å². The summed E-state index contributed by atoms with van der Waals surface area (Å²) in [5.41, 5.74) is 4.52. The second-order valence-corrected chi connectivity index (χ2v) is 13.1. The minimum atomic E-state index is -2.96. The molecule has 1 unspecified atom stereocenters. The van der Waals surface area contributed by atoms with E-state index < -0.39 is 9.84 Å². The lowest BCUT2D eigenvalue weighted by atomic mass is 10.0. The van der Waals surface area contributed by atoms with Gasteiger partial charge in [-0.3, -0.25) is 4.79 Å². The first-order valence-electron chi connectivity index (χ1n) is 13.2. The summed E-state index contributed by atoms with van der Waals surface area (Å²) in [5.74, 6) is 1.05. The molecule has 1 atom stereocenters. The number of carbonyl (C=O) groups excluding carboxylic acids is 1. The molecule has 0 saturated carbocycles. The molecule has 210 valence electrons. The number of hydrogen-bond donors (Lipinski definition) is 1. The van der Waals surface area contributed by atoms with E-state index in [2.05, 4.69) is 43.9 Å². The highest BCUT2D eigenvalue weighted by atomic mass is 32.2. The fourth-order valence-corrected chi connectivity index (χ4v) is 5.50. The molecule has 7 heteroatoms. The molecule has 0 aliphatic rings. The lowest BCUT2D eigenvalue weighted by Crippen LogP contribution is -2.28. The van der Waals surface area contributed by atoms with Crippen LogP contribution >= 0.6 is 11.3 Å². The highest BCUT2D eigenvalue weighted by molar-refractivity contribution is 7.92. The average Bonchev–Trinajstić information content (AvgIpc) is 3.37. The predicted molar refractivity (Wildman–Crippen MR) is 164 cm³/mol. The molecule has 5 nitrogen and oxygen atoms in total. The van der Waals surface area contributed by atoms with Crippen molar-refractivity contribution in [3.8, 4) is 5.75 Å². The number of benzene rings is 2. The molecule has 1 N–H and O–H groups in total. The Labute approximate surface area is 238 Å². The van der Waals surface area contributed by atoms with E-state index in [1.807, 2.05) is 50.3 Å². The Bertz CT molecular complexity index is 1340. The summed E-state index contributed by atoms with van der Waals surface area (Å²) < 4.78 is 28.1. The third kappa shape index (κ3) is 11.6. The van der Waals surface area contributed by atoms with Crippen molar-refractivity contribution < 1.29 is 17.9 Å². The molecule has 0 spiro atoms. The number of nitrogens with one attached hydrogen (secondary N) is 1. The van der Waals surface area contributed by atoms with Crippen molar-refractivity contribution in [1.29, 1.82) is 0 Å². The van der Waals surface area contributed by atoms with Crippen molar-refractivity contribution in [3.05, 3.63) is 100 Å². The third-order valence-electron chi connectivity index (χ3n) is 6.08. The van der Waals surface area contributed by atoms with Gasteiger partial charge < -0.3 is 10.1 Å². The van der Waals surface area contributed by atoms with Crippen molar-refractivity contribution in [2.24, 2.45) is 5.92 Å². The first-order chi connectivity index (χ1) is 18.5. The Balaban J connectivity index is 0.000000446. The number of unbranched alkanes of at least 4 members (excludes halogenated alkanes) is 1. The maximum absolute atomic E-state index is 12.1. The monoisotopic (exact) mass is 567 g/mol. The van der Waals surface area contributed by atoms with Gasteiger partial charge in [-0.15, -0.1) is 11.3 Å². The quantitative estimate of drug-likeness (QED) is 0.228. The van der Waals surface area contributed by atoms with Crippen molar-refractivity contribution in [1.82, 2.24) is 5.32 Å². The van der Waals surface area contributed by atoms with Crippen molar-refractivity contribution in [2.45, 2.75) is 64.3 Å². The summed E-state index contributed by atoms with van der Waals surface area (Å²) in [7, 11) is -2.96. The number of allylic oxidation sites excluding steroid dienone is 2. The number of hydrogen-bond acceptors (Lipinski definition) is 5. The molecule has 1 aromatic heterocycles. The van der Waals surface area contributed by atoms with Crippen LogP contribution in [-0.2, 0) is 27.8 Å². The van der Waals surface area contributed by atoms with Gasteiger partial charge in [0.15, 0.2) is 9.84 Å². The zero-order chi connectivity index (χ0) is 28.8. The zero-order valence-electron chi connectivity index (χ0n) is 23.7. The van der Waals surface area contributed by atoms with Crippen molar-refractivity contribution >= 4 is 33.2 Å². The normalized spacial score (nSPS) is 11.9. The lowest BCUT2D eigenvalue weighted by Gasteiger charge is -2.12. The van der Waals surface area contributed by atoms with Gasteiger partial charge in [-0.05, 0) is 66.8 Å². The Morgan fingerprint density at radius 1 is 1.08 bits per heavy atom. The molecule has 0 bridgehead atoms. The van der Waals surface area contributed by atoms with Gasteiger partial charge in [-0.1, -0.05) is 81.8 Å². The fourth-order valence-electron chi connectivity index (χ4n) is 3.60. The zero-order valence-corrected chi connectivity index (χ0v) is 25.3. The van der Waals surface area contributed by atoms with Crippen LogP contribution in [0.25, 0.3) is 6.08 Å². The van der Waals surface area contributed by atoms with Crippen LogP contribution in [0, 0.1) is 19.8 Å². The molecule has 1 amide bonds. The molecule has 2 aromatic carbocycles. The molecular formula is C32H41NO4S2. The van der Waals surface area contributed by atoms with Gasteiger partial charge in [-0.2, -0.15) is 0 Å². The molecule has 0 radical (unpaired) electrons. The smallest absolute Gasteiger partial charge is 0.223 e. The molecule has 0 aliphatic heterocycles. The SMILES string of the molecule is C=C/C=C\c1cc(OCc2ccc(CNC(=O)C(C)CCCC)cc2)ccc1C.Cc1ccc(S(C)(=O)=O)s1. The summed E-state index contributed by atoms with van der Waals surface area (Å²) in [5, 5.41) is 3.03. The number of aryl methyl sites for hydroxylation is 2. The molecular weight excluding hydrogens is 526 g/mol. The van der Waals surface area contributed by atoms with E-state index in [4.69, 9.17) is 4.74 Å². The van der Waals surface area contributed by atoms with E-state index >= 15 is 0 Å². The van der Waals surface area contributed by atoms with Crippen LogP contribution in [0.5, 0.6) is 5.75 Å². The Morgan fingerprint density at radius 3 is 2.33 bits per heavy atom. The van der Waals surface area contributed by atoms with Crippen LogP contribution in [0.4, 0.5) is 0 Å². The molecule has 0 aliphatic carbocycles. The minimum Gasteiger partial charge on any atom is -0.489 e. The van der Waals surface area contributed by atoms with Gasteiger partial charge >= 0.3 is 0 Å². The van der Waals surface area contributed by atoms with Crippen molar-refractivity contribution in [2.75, 3.05) is 6.26 Å². The molecule has 3 rings (SSSR count). The van der Waals surface area contributed by atoms with Crippen LogP contribution in [0.15, 0.2) is 77.5 Å². The predicted octanol–water partition coefficient (Wildman–Crippen LogP) is 7.68. The highest BCUT2D eigenvalue weighted by Gasteiger charge is 2.11. The number of amides is 1. The van der Waals surface area contributed by atoms with E-state index in [1.54, 1.807) is 18.2 Å². The summed E-state index contributed by atoms with van der Waals surface area (Å²) >= 11 is 1.31. The second kappa shape index (κ2) is 16.1. The topological polar surface area (TPSA) is 72.5 Å². The Kier molecular flexibility index (Phi) is 13.2. The Morgan fingerprint density at radius 2 is 1.77 bits per heavy atom. The summed E-state index contributed by atoms with van der Waals surface area (Å²) in [6.07, 6.45) is 10.1. The minimum absolute atomic E-state index is 0.0725.